The smallest absolute Gasteiger partial charge is 0.400 e. The van der Waals surface area contributed by atoms with Crippen LogP contribution in [0.4, 0.5) is 0 Å². The summed E-state index contributed by atoms with van der Waals surface area (Å²) < 4.78 is 27.1. The summed E-state index contributed by atoms with van der Waals surface area (Å²) in [5.41, 5.74) is 0. The van der Waals surface area contributed by atoms with Gasteiger partial charge < -0.3 is 22.1 Å². The minimum atomic E-state index is -2.77. The van der Waals surface area contributed by atoms with Crippen molar-refractivity contribution in [2.75, 3.05) is 21.3 Å². The fraction of sp³-hybridized carbons (Fsp3) is 1.00. The third kappa shape index (κ3) is 3.63. The molecule has 0 bridgehead atoms. The van der Waals surface area contributed by atoms with E-state index >= 15 is 0 Å². The van der Waals surface area contributed by atoms with E-state index in [-0.39, 0.29) is 0 Å². The lowest BCUT2D eigenvalue weighted by molar-refractivity contribution is 0.0522. The quantitative estimate of drug-likeness (QED) is 0.377. The SMILES string of the molecule is CO[Si](OC)(OC)O[SiH2]CCC1CCC2OC2C1. The van der Waals surface area contributed by atoms with Crippen molar-refractivity contribution in [3.05, 3.63) is 0 Å². The lowest BCUT2D eigenvalue weighted by atomic mass is 9.88. The van der Waals surface area contributed by atoms with Crippen LogP contribution in [0, 0.1) is 5.92 Å². The Bertz CT molecular complexity index is 254. The van der Waals surface area contributed by atoms with E-state index in [9.17, 15) is 0 Å². The molecule has 18 heavy (non-hydrogen) atoms. The van der Waals surface area contributed by atoms with Crippen LogP contribution >= 0.6 is 0 Å². The first kappa shape index (κ1) is 14.6. The van der Waals surface area contributed by atoms with Gasteiger partial charge in [-0.3, -0.25) is 0 Å². The van der Waals surface area contributed by atoms with E-state index in [0.717, 1.165) is 12.0 Å². The van der Waals surface area contributed by atoms with E-state index in [4.69, 9.17) is 22.1 Å². The molecule has 0 aromatic heterocycles. The highest BCUT2D eigenvalue weighted by Crippen LogP contribution is 2.40. The van der Waals surface area contributed by atoms with Crippen molar-refractivity contribution in [3.63, 3.8) is 0 Å². The summed E-state index contributed by atoms with van der Waals surface area (Å²) in [6.07, 6.45) is 6.25. The summed E-state index contributed by atoms with van der Waals surface area (Å²) >= 11 is 0. The number of ether oxygens (including phenoxy) is 1. The monoisotopic (exact) mass is 292 g/mol. The Balaban J connectivity index is 1.60. The zero-order chi connectivity index (χ0) is 13.0. The second kappa shape index (κ2) is 6.60. The number of epoxide rings is 1. The molecule has 1 saturated heterocycles. The zero-order valence-corrected chi connectivity index (χ0v) is 13.9. The van der Waals surface area contributed by atoms with Gasteiger partial charge in [-0.15, -0.1) is 0 Å². The number of hydrogen-bond acceptors (Lipinski definition) is 5. The van der Waals surface area contributed by atoms with Crippen molar-refractivity contribution in [3.8, 4) is 0 Å². The number of fused-ring (bicyclic) bond motifs is 1. The molecule has 1 aliphatic heterocycles. The van der Waals surface area contributed by atoms with Crippen molar-refractivity contribution in [1.29, 1.82) is 0 Å². The van der Waals surface area contributed by atoms with Gasteiger partial charge in [0.05, 0.1) is 12.2 Å². The van der Waals surface area contributed by atoms with Gasteiger partial charge in [-0.05, 0) is 31.2 Å². The molecule has 3 unspecified atom stereocenters. The molecule has 1 heterocycles. The molecule has 0 amide bonds. The van der Waals surface area contributed by atoms with Crippen LogP contribution in [0.5, 0.6) is 0 Å². The highest BCUT2D eigenvalue weighted by atomic mass is 28.4. The van der Waals surface area contributed by atoms with Gasteiger partial charge >= 0.3 is 9.05 Å². The van der Waals surface area contributed by atoms with Crippen molar-refractivity contribution in [1.82, 2.24) is 0 Å². The molecule has 2 fully saturated rings. The van der Waals surface area contributed by atoms with E-state index in [1.807, 2.05) is 0 Å². The molecular weight excluding hydrogens is 268 g/mol. The predicted molar refractivity (Wildman–Crippen MR) is 71.8 cm³/mol. The molecule has 1 saturated carbocycles. The van der Waals surface area contributed by atoms with Gasteiger partial charge in [0.2, 0.25) is 0 Å². The van der Waals surface area contributed by atoms with Gasteiger partial charge in [0.1, 0.15) is 0 Å². The Morgan fingerprint density at radius 1 is 1.11 bits per heavy atom. The van der Waals surface area contributed by atoms with Crippen LogP contribution < -0.4 is 0 Å². The molecule has 3 atom stereocenters. The first-order valence-electron chi connectivity index (χ1n) is 6.68. The Morgan fingerprint density at radius 2 is 1.83 bits per heavy atom. The van der Waals surface area contributed by atoms with Crippen LogP contribution in [0.1, 0.15) is 25.7 Å². The minimum Gasteiger partial charge on any atom is -0.400 e. The summed E-state index contributed by atoms with van der Waals surface area (Å²) in [7, 11) is 1.35. The number of hydrogen-bond donors (Lipinski definition) is 0. The zero-order valence-electron chi connectivity index (χ0n) is 11.5. The van der Waals surface area contributed by atoms with E-state index in [2.05, 4.69) is 0 Å². The van der Waals surface area contributed by atoms with E-state index in [0.29, 0.717) is 12.2 Å². The molecule has 0 radical (unpaired) electrons. The molecule has 7 heteroatoms. The molecule has 106 valence electrons. The predicted octanol–water partition coefficient (Wildman–Crippen LogP) is 0.837. The van der Waals surface area contributed by atoms with Gasteiger partial charge in [0.25, 0.3) is 0 Å². The Hall–Kier alpha value is 0.234. The van der Waals surface area contributed by atoms with Crippen molar-refractivity contribution < 1.29 is 22.1 Å². The molecule has 2 rings (SSSR count). The third-order valence-electron chi connectivity index (χ3n) is 3.90. The molecule has 0 N–H and O–H groups in total. The molecular formula is C11H24O5Si2. The average Bonchev–Trinajstić information content (AvgIpc) is 3.18. The van der Waals surface area contributed by atoms with Crippen LogP contribution in [0.3, 0.4) is 0 Å². The standard InChI is InChI=1S/C11H24O5Si2/c1-12-18(13-2,14-3)16-17-7-6-9-4-5-10-11(8-9)15-10/h9-11H,4-8,17H2,1-3H3. The fourth-order valence-corrected chi connectivity index (χ4v) is 6.98. The van der Waals surface area contributed by atoms with Crippen molar-refractivity contribution in [2.45, 2.75) is 43.9 Å². The highest BCUT2D eigenvalue weighted by Gasteiger charge is 2.44. The second-order valence-corrected chi connectivity index (χ2v) is 9.49. The summed E-state index contributed by atoms with van der Waals surface area (Å²) in [4.78, 5) is 0. The van der Waals surface area contributed by atoms with Gasteiger partial charge in [0, 0.05) is 21.3 Å². The first-order valence-corrected chi connectivity index (χ1v) is 9.89. The highest BCUT2D eigenvalue weighted by molar-refractivity contribution is 6.60. The van der Waals surface area contributed by atoms with Gasteiger partial charge in [0.15, 0.2) is 9.76 Å². The van der Waals surface area contributed by atoms with Crippen molar-refractivity contribution in [2.24, 2.45) is 5.92 Å². The minimum absolute atomic E-state index is 0.580. The topological polar surface area (TPSA) is 49.5 Å². The Morgan fingerprint density at radius 3 is 2.44 bits per heavy atom. The largest absolute Gasteiger partial charge is 0.667 e. The summed E-state index contributed by atoms with van der Waals surface area (Å²) in [5, 5.41) is 0. The third-order valence-corrected chi connectivity index (χ3v) is 8.33. The van der Waals surface area contributed by atoms with E-state index < -0.39 is 18.8 Å². The van der Waals surface area contributed by atoms with Crippen LogP contribution in [0.15, 0.2) is 0 Å². The summed E-state index contributed by atoms with van der Waals surface area (Å²) in [6.45, 7) is 0. The molecule has 0 aromatic carbocycles. The molecule has 1 aliphatic carbocycles. The van der Waals surface area contributed by atoms with Crippen molar-refractivity contribution >= 4 is 18.8 Å². The maximum atomic E-state index is 5.79. The molecule has 2 aliphatic rings. The van der Waals surface area contributed by atoms with Crippen LogP contribution in [-0.4, -0.2) is 52.3 Å². The molecule has 5 nitrogen and oxygen atoms in total. The fourth-order valence-electron chi connectivity index (χ4n) is 2.74. The van der Waals surface area contributed by atoms with Crippen LogP contribution in [-0.2, 0) is 22.1 Å². The van der Waals surface area contributed by atoms with Gasteiger partial charge in [-0.1, -0.05) is 6.42 Å². The average molecular weight is 292 g/mol. The lowest BCUT2D eigenvalue weighted by Gasteiger charge is -2.24. The maximum absolute atomic E-state index is 5.79. The first-order chi connectivity index (χ1) is 8.73. The maximum Gasteiger partial charge on any atom is 0.667 e. The summed E-state index contributed by atoms with van der Waals surface area (Å²) in [5.74, 6) is 0.827. The molecule has 0 aromatic rings. The Kier molecular flexibility index (Phi) is 5.37. The van der Waals surface area contributed by atoms with Crippen LogP contribution in [0.2, 0.25) is 6.04 Å². The lowest BCUT2D eigenvalue weighted by Crippen LogP contribution is -2.47. The summed E-state index contributed by atoms with van der Waals surface area (Å²) in [6, 6.07) is 1.16. The van der Waals surface area contributed by atoms with E-state index in [1.54, 1.807) is 21.3 Å². The second-order valence-electron chi connectivity index (χ2n) is 5.00. The Labute approximate surface area is 113 Å². The van der Waals surface area contributed by atoms with Gasteiger partial charge in [-0.25, -0.2) is 0 Å². The van der Waals surface area contributed by atoms with Crippen LogP contribution in [0.25, 0.3) is 0 Å². The normalized spacial score (nSPS) is 31.8. The van der Waals surface area contributed by atoms with E-state index in [1.165, 1.54) is 25.7 Å². The van der Waals surface area contributed by atoms with Gasteiger partial charge in [-0.2, -0.15) is 0 Å². The number of rotatable bonds is 8. The molecule has 0 spiro atoms.